The zero-order valence-corrected chi connectivity index (χ0v) is 13.7. The molecule has 2 N–H and O–H groups in total. The highest BCUT2D eigenvalue weighted by molar-refractivity contribution is 6.35. The van der Waals surface area contributed by atoms with Gasteiger partial charge < -0.3 is 9.84 Å². The number of halogens is 2. The Morgan fingerprint density at radius 2 is 2.09 bits per heavy atom. The first-order valence-electron chi connectivity index (χ1n) is 6.69. The predicted octanol–water partition coefficient (Wildman–Crippen LogP) is 3.62. The molecule has 7 heteroatoms. The minimum Gasteiger partial charge on any atom is -0.508 e. The molecule has 23 heavy (non-hydrogen) atoms. The third kappa shape index (κ3) is 5.16. The van der Waals surface area contributed by atoms with Crippen LogP contribution in [0.4, 0.5) is 0 Å². The van der Waals surface area contributed by atoms with Crippen molar-refractivity contribution in [3.8, 4) is 11.5 Å². The van der Waals surface area contributed by atoms with Gasteiger partial charge in [-0.05, 0) is 42.8 Å². The molecular weight excluding hydrogens is 339 g/mol. The van der Waals surface area contributed by atoms with Crippen molar-refractivity contribution in [3.05, 3.63) is 58.1 Å². The van der Waals surface area contributed by atoms with Gasteiger partial charge in [0.1, 0.15) is 11.5 Å². The van der Waals surface area contributed by atoms with Gasteiger partial charge in [0.25, 0.3) is 5.91 Å². The fourth-order valence-electron chi connectivity index (χ4n) is 1.68. The molecule has 0 aromatic heterocycles. The maximum absolute atomic E-state index is 11.9. The minimum absolute atomic E-state index is 0.120. The Hall–Kier alpha value is -2.24. The molecule has 0 spiro atoms. The number of hydrogen-bond acceptors (Lipinski definition) is 4. The Morgan fingerprint density at radius 1 is 1.30 bits per heavy atom. The van der Waals surface area contributed by atoms with Crippen LogP contribution in [0.3, 0.4) is 0 Å². The molecular formula is C16H14Cl2N2O3. The number of phenols is 1. The van der Waals surface area contributed by atoms with Gasteiger partial charge in [0, 0.05) is 5.02 Å². The van der Waals surface area contributed by atoms with Crippen molar-refractivity contribution < 1.29 is 14.6 Å². The van der Waals surface area contributed by atoms with E-state index in [1.807, 2.05) is 0 Å². The highest BCUT2D eigenvalue weighted by Crippen LogP contribution is 2.28. The molecule has 0 bridgehead atoms. The van der Waals surface area contributed by atoms with Gasteiger partial charge in [-0.3, -0.25) is 4.79 Å². The Balaban J connectivity index is 1.92. The smallest absolute Gasteiger partial charge is 0.280 e. The van der Waals surface area contributed by atoms with Crippen LogP contribution in [0.1, 0.15) is 12.5 Å². The average molecular weight is 353 g/mol. The first kappa shape index (κ1) is 17.1. The van der Waals surface area contributed by atoms with Crippen LogP contribution in [-0.4, -0.2) is 23.3 Å². The summed E-state index contributed by atoms with van der Waals surface area (Å²) in [7, 11) is 0. The lowest BCUT2D eigenvalue weighted by atomic mass is 10.2. The van der Waals surface area contributed by atoms with Crippen LogP contribution < -0.4 is 10.2 Å². The zero-order valence-electron chi connectivity index (χ0n) is 12.2. The van der Waals surface area contributed by atoms with Crippen molar-refractivity contribution in [1.82, 2.24) is 5.43 Å². The summed E-state index contributed by atoms with van der Waals surface area (Å²) >= 11 is 11.8. The van der Waals surface area contributed by atoms with E-state index in [0.717, 1.165) is 0 Å². The summed E-state index contributed by atoms with van der Waals surface area (Å²) in [6.07, 6.45) is 0.620. The number of carbonyl (C=O) groups excluding carboxylic acids is 1. The van der Waals surface area contributed by atoms with E-state index in [2.05, 4.69) is 10.5 Å². The number of aromatic hydroxyl groups is 1. The Morgan fingerprint density at radius 3 is 2.78 bits per heavy atom. The molecule has 0 radical (unpaired) electrons. The summed E-state index contributed by atoms with van der Waals surface area (Å²) in [5.41, 5.74) is 3.01. The zero-order chi connectivity index (χ0) is 16.8. The number of phenolic OH excluding ortho intramolecular Hbond substituents is 1. The van der Waals surface area contributed by atoms with E-state index >= 15 is 0 Å². The number of ether oxygens (including phenoxy) is 1. The van der Waals surface area contributed by atoms with E-state index in [1.165, 1.54) is 18.3 Å². The Labute approximate surface area is 143 Å². The first-order valence-corrected chi connectivity index (χ1v) is 7.45. The molecule has 5 nitrogen and oxygen atoms in total. The van der Waals surface area contributed by atoms with E-state index < -0.39 is 12.0 Å². The lowest BCUT2D eigenvalue weighted by molar-refractivity contribution is -0.127. The molecule has 120 valence electrons. The summed E-state index contributed by atoms with van der Waals surface area (Å²) < 4.78 is 5.47. The normalized spacial score (nSPS) is 12.1. The molecule has 0 saturated heterocycles. The lowest BCUT2D eigenvalue weighted by Crippen LogP contribution is -2.33. The summed E-state index contributed by atoms with van der Waals surface area (Å²) in [5, 5.41) is 13.9. The molecule has 2 aromatic carbocycles. The highest BCUT2D eigenvalue weighted by atomic mass is 35.5. The quantitative estimate of drug-likeness (QED) is 0.637. The topological polar surface area (TPSA) is 70.9 Å². The number of amides is 1. The van der Waals surface area contributed by atoms with Gasteiger partial charge in [-0.15, -0.1) is 0 Å². The molecule has 0 aliphatic carbocycles. The van der Waals surface area contributed by atoms with Gasteiger partial charge in [-0.2, -0.15) is 5.10 Å². The summed E-state index contributed by atoms with van der Waals surface area (Å²) in [5.74, 6) is 0.0393. The first-order chi connectivity index (χ1) is 11.0. The third-order valence-electron chi connectivity index (χ3n) is 2.83. The Kier molecular flexibility index (Phi) is 5.84. The van der Waals surface area contributed by atoms with E-state index in [9.17, 15) is 9.90 Å². The SMILES string of the molecule is CC(Oc1ccc(Cl)cc1Cl)C(=O)NN=Cc1cccc(O)c1. The molecule has 0 heterocycles. The second-order valence-electron chi connectivity index (χ2n) is 4.66. The van der Waals surface area contributed by atoms with Crippen LogP contribution in [0.25, 0.3) is 0 Å². The van der Waals surface area contributed by atoms with E-state index in [1.54, 1.807) is 37.3 Å². The van der Waals surface area contributed by atoms with Crippen molar-refractivity contribution in [2.75, 3.05) is 0 Å². The van der Waals surface area contributed by atoms with Crippen molar-refractivity contribution in [1.29, 1.82) is 0 Å². The molecule has 2 aromatic rings. The van der Waals surface area contributed by atoms with Crippen molar-refractivity contribution >= 4 is 35.3 Å². The van der Waals surface area contributed by atoms with Gasteiger partial charge in [-0.1, -0.05) is 35.3 Å². The van der Waals surface area contributed by atoms with Crippen LogP contribution in [0.15, 0.2) is 47.6 Å². The number of benzene rings is 2. The fraction of sp³-hybridized carbons (Fsp3) is 0.125. The van der Waals surface area contributed by atoms with Crippen LogP contribution in [0, 0.1) is 0 Å². The third-order valence-corrected chi connectivity index (χ3v) is 3.36. The minimum atomic E-state index is -0.796. The Bertz CT molecular complexity index is 735. The van der Waals surface area contributed by atoms with Crippen molar-refractivity contribution in [3.63, 3.8) is 0 Å². The standard InChI is InChI=1S/C16H14Cl2N2O3/c1-10(23-15-6-5-12(17)8-14(15)18)16(22)20-19-9-11-3-2-4-13(21)7-11/h2-10,21H,1H3,(H,20,22). The lowest BCUT2D eigenvalue weighted by Gasteiger charge is -2.14. The van der Waals surface area contributed by atoms with Gasteiger partial charge >= 0.3 is 0 Å². The van der Waals surface area contributed by atoms with E-state index in [4.69, 9.17) is 27.9 Å². The van der Waals surface area contributed by atoms with Gasteiger partial charge in [0.2, 0.25) is 0 Å². The average Bonchev–Trinajstić information content (AvgIpc) is 2.50. The number of hydrogen-bond donors (Lipinski definition) is 2. The number of nitrogens with one attached hydrogen (secondary N) is 1. The molecule has 0 fully saturated rings. The van der Waals surface area contributed by atoms with Crippen LogP contribution in [0.5, 0.6) is 11.5 Å². The molecule has 2 rings (SSSR count). The van der Waals surface area contributed by atoms with Gasteiger partial charge in [0.05, 0.1) is 11.2 Å². The van der Waals surface area contributed by atoms with Crippen LogP contribution >= 0.6 is 23.2 Å². The molecule has 0 aliphatic rings. The van der Waals surface area contributed by atoms with Crippen LogP contribution in [0.2, 0.25) is 10.0 Å². The largest absolute Gasteiger partial charge is 0.508 e. The van der Waals surface area contributed by atoms with Gasteiger partial charge in [-0.25, -0.2) is 5.43 Å². The molecule has 0 aliphatic heterocycles. The number of hydrazone groups is 1. The molecule has 1 unspecified atom stereocenters. The van der Waals surface area contributed by atoms with E-state index in [0.29, 0.717) is 21.4 Å². The maximum atomic E-state index is 11.9. The summed E-state index contributed by atoms with van der Waals surface area (Å²) in [6.45, 7) is 1.57. The monoisotopic (exact) mass is 352 g/mol. The summed E-state index contributed by atoms with van der Waals surface area (Å²) in [4.78, 5) is 11.9. The van der Waals surface area contributed by atoms with Crippen molar-refractivity contribution in [2.45, 2.75) is 13.0 Å². The predicted molar refractivity (Wildman–Crippen MR) is 90.4 cm³/mol. The molecule has 1 amide bonds. The second-order valence-corrected chi connectivity index (χ2v) is 5.51. The van der Waals surface area contributed by atoms with Gasteiger partial charge in [0.15, 0.2) is 6.10 Å². The van der Waals surface area contributed by atoms with Crippen molar-refractivity contribution in [2.24, 2.45) is 5.10 Å². The molecule has 1 atom stereocenters. The van der Waals surface area contributed by atoms with E-state index in [-0.39, 0.29) is 5.75 Å². The summed E-state index contributed by atoms with van der Waals surface area (Å²) in [6, 6.07) is 11.2. The number of rotatable bonds is 5. The number of carbonyl (C=O) groups is 1. The molecule has 0 saturated carbocycles. The maximum Gasteiger partial charge on any atom is 0.280 e. The second kappa shape index (κ2) is 7.85. The van der Waals surface area contributed by atoms with Crippen LogP contribution in [-0.2, 0) is 4.79 Å². The number of nitrogens with zero attached hydrogens (tertiary/aromatic N) is 1. The highest BCUT2D eigenvalue weighted by Gasteiger charge is 2.15. The fourth-order valence-corrected chi connectivity index (χ4v) is 2.13.